The highest BCUT2D eigenvalue weighted by atomic mass is 16.7. The number of benzene rings is 4. The Morgan fingerprint density at radius 3 is 2.09 bits per heavy atom. The van der Waals surface area contributed by atoms with E-state index in [0.717, 1.165) is 42.6 Å². The normalized spacial score (nSPS) is 15.3. The topological polar surface area (TPSA) is 80.7 Å². The summed E-state index contributed by atoms with van der Waals surface area (Å²) in [6.07, 6.45) is 2.10. The van der Waals surface area contributed by atoms with E-state index in [1.807, 2.05) is 60.4 Å². The Bertz CT molecular complexity index is 1680. The van der Waals surface area contributed by atoms with Gasteiger partial charge in [0.1, 0.15) is 5.75 Å². The smallest absolute Gasteiger partial charge is 0.347 e. The Labute approximate surface area is 276 Å². The number of carbonyl (C=O) groups excluding carboxylic acids is 2. The fraction of sp³-hybridized carbons (Fsp3) is 0.308. The van der Waals surface area contributed by atoms with Crippen LogP contribution in [0.1, 0.15) is 47.7 Å². The number of fused-ring (bicyclic) bond motifs is 2. The maximum Gasteiger partial charge on any atom is 0.347 e. The van der Waals surface area contributed by atoms with Crippen LogP contribution < -0.4 is 4.74 Å². The van der Waals surface area contributed by atoms with Crippen LogP contribution in [0.3, 0.4) is 0 Å². The summed E-state index contributed by atoms with van der Waals surface area (Å²) in [6, 6.07) is 33.5. The summed E-state index contributed by atoms with van der Waals surface area (Å²) in [7, 11) is 0. The summed E-state index contributed by atoms with van der Waals surface area (Å²) in [5, 5.41) is 4.02. The van der Waals surface area contributed by atoms with Crippen LogP contribution in [0.5, 0.6) is 5.75 Å². The zero-order chi connectivity index (χ0) is 32.6. The van der Waals surface area contributed by atoms with E-state index in [1.165, 1.54) is 22.3 Å². The highest BCUT2D eigenvalue weighted by molar-refractivity contribution is 5.98. The monoisotopic (exact) mass is 631 g/mol. The van der Waals surface area contributed by atoms with Gasteiger partial charge in [-0.25, -0.2) is 4.79 Å². The summed E-state index contributed by atoms with van der Waals surface area (Å²) in [6.45, 7) is 6.61. The minimum atomic E-state index is -0.450. The van der Waals surface area contributed by atoms with Gasteiger partial charge in [-0.1, -0.05) is 90.1 Å². The first kappa shape index (κ1) is 32.0. The predicted molar refractivity (Wildman–Crippen MR) is 182 cm³/mol. The van der Waals surface area contributed by atoms with Crippen molar-refractivity contribution in [3.05, 3.63) is 125 Å². The molecule has 1 fully saturated rings. The second kappa shape index (κ2) is 15.1. The Kier molecular flexibility index (Phi) is 10.3. The van der Waals surface area contributed by atoms with E-state index in [0.29, 0.717) is 31.2 Å². The number of piperazine rings is 1. The molecule has 242 valence electrons. The van der Waals surface area contributed by atoms with E-state index in [9.17, 15) is 9.59 Å². The van der Waals surface area contributed by atoms with Crippen molar-refractivity contribution in [3.8, 4) is 16.9 Å². The first-order chi connectivity index (χ1) is 23.0. The molecule has 4 aromatic rings. The maximum atomic E-state index is 13.2. The van der Waals surface area contributed by atoms with Gasteiger partial charge in [0, 0.05) is 26.2 Å². The molecule has 1 aliphatic heterocycles. The summed E-state index contributed by atoms with van der Waals surface area (Å²) in [5.41, 5.74) is 9.12. The number of rotatable bonds is 10. The molecule has 0 saturated carbocycles. The quantitative estimate of drug-likeness (QED) is 0.120. The van der Waals surface area contributed by atoms with E-state index in [4.69, 9.17) is 14.3 Å². The highest BCUT2D eigenvalue weighted by Gasteiger charge is 2.32. The van der Waals surface area contributed by atoms with Crippen LogP contribution in [0.2, 0.25) is 0 Å². The van der Waals surface area contributed by atoms with Crippen LogP contribution in [-0.2, 0) is 32.0 Å². The summed E-state index contributed by atoms with van der Waals surface area (Å²) >= 11 is 0. The number of oxime groups is 1. The molecule has 0 unspecified atom stereocenters. The maximum absolute atomic E-state index is 13.2. The third-order valence-corrected chi connectivity index (χ3v) is 8.92. The van der Waals surface area contributed by atoms with Gasteiger partial charge < -0.3 is 19.2 Å². The summed E-state index contributed by atoms with van der Waals surface area (Å²) in [4.78, 5) is 34.3. The molecule has 8 nitrogen and oxygen atoms in total. The lowest BCUT2D eigenvalue weighted by molar-refractivity contribution is -0.148. The fourth-order valence-corrected chi connectivity index (χ4v) is 6.46. The molecule has 4 aromatic carbocycles. The van der Waals surface area contributed by atoms with E-state index < -0.39 is 5.97 Å². The number of aryl methyl sites for hydroxylation is 2. The van der Waals surface area contributed by atoms with Crippen molar-refractivity contribution in [1.29, 1.82) is 0 Å². The lowest BCUT2D eigenvalue weighted by Gasteiger charge is -2.40. The van der Waals surface area contributed by atoms with Gasteiger partial charge in [-0.3, -0.25) is 9.69 Å². The van der Waals surface area contributed by atoms with Crippen molar-refractivity contribution in [1.82, 2.24) is 9.80 Å². The number of hydrogen-bond acceptors (Lipinski definition) is 7. The number of ether oxygens (including phenoxy) is 2. The minimum absolute atomic E-state index is 0.000936. The van der Waals surface area contributed by atoms with Crippen LogP contribution >= 0.6 is 0 Å². The van der Waals surface area contributed by atoms with Gasteiger partial charge in [-0.05, 0) is 77.8 Å². The van der Waals surface area contributed by atoms with Gasteiger partial charge in [0.15, 0.2) is 6.61 Å². The van der Waals surface area contributed by atoms with Crippen molar-refractivity contribution >= 4 is 17.6 Å². The van der Waals surface area contributed by atoms with Crippen LogP contribution in [-0.4, -0.2) is 73.4 Å². The number of esters is 1. The van der Waals surface area contributed by atoms with E-state index >= 15 is 0 Å². The lowest BCUT2D eigenvalue weighted by atomic mass is 9.93. The molecule has 1 saturated heterocycles. The molecule has 0 N–H and O–H groups in total. The van der Waals surface area contributed by atoms with Crippen molar-refractivity contribution in [2.24, 2.45) is 5.16 Å². The van der Waals surface area contributed by atoms with Gasteiger partial charge in [0.05, 0.1) is 18.4 Å². The number of nitrogens with zero attached hydrogens (tertiary/aromatic N) is 3. The number of amides is 1. The average Bonchev–Trinajstić information content (AvgIpc) is 3.28. The molecule has 0 aromatic heterocycles. The van der Waals surface area contributed by atoms with Gasteiger partial charge >= 0.3 is 5.97 Å². The fourth-order valence-electron chi connectivity index (χ4n) is 6.46. The molecule has 2 aliphatic rings. The van der Waals surface area contributed by atoms with Crippen LogP contribution in [0.15, 0.2) is 102 Å². The van der Waals surface area contributed by atoms with Crippen molar-refractivity contribution in [2.45, 2.75) is 32.7 Å². The average molecular weight is 632 g/mol. The predicted octanol–water partition coefficient (Wildman–Crippen LogP) is 6.07. The zero-order valence-corrected chi connectivity index (χ0v) is 27.1. The first-order valence-corrected chi connectivity index (χ1v) is 16.3. The van der Waals surface area contributed by atoms with Gasteiger partial charge in [0.2, 0.25) is 6.61 Å². The molecule has 0 radical (unpaired) electrons. The largest absolute Gasteiger partial charge is 0.484 e. The molecule has 1 amide bonds. The molecule has 47 heavy (non-hydrogen) atoms. The highest BCUT2D eigenvalue weighted by Crippen LogP contribution is 2.37. The second-order valence-corrected chi connectivity index (χ2v) is 11.9. The Morgan fingerprint density at radius 2 is 1.43 bits per heavy atom. The van der Waals surface area contributed by atoms with E-state index in [1.54, 1.807) is 6.92 Å². The van der Waals surface area contributed by atoms with Gasteiger partial charge in [-0.2, -0.15) is 0 Å². The molecular formula is C39H41N3O5. The first-order valence-electron chi connectivity index (χ1n) is 16.3. The van der Waals surface area contributed by atoms with Crippen molar-refractivity contribution < 1.29 is 23.9 Å². The summed E-state index contributed by atoms with van der Waals surface area (Å²) < 4.78 is 10.8. The molecule has 0 spiro atoms. The molecule has 0 atom stereocenters. The standard InChI is InChI=1S/C39H41N3O5/c1-3-45-38(44)27-47-40-28(2)29-15-17-30(18-16-29)33-11-8-12-34(25-33)46-26-37(43)41-21-23-42(24-22-41)39-35-13-6-4-9-31(35)19-20-32-10-5-7-14-36(32)39/h4-18,25,39H,3,19-24,26-27H2,1-2H3. The minimum Gasteiger partial charge on any atom is -0.484 e. The molecule has 8 heteroatoms. The lowest BCUT2D eigenvalue weighted by Crippen LogP contribution is -2.51. The molecular weight excluding hydrogens is 590 g/mol. The van der Waals surface area contributed by atoms with Gasteiger partial charge in [-0.15, -0.1) is 0 Å². The Balaban J connectivity index is 1.04. The Hall–Kier alpha value is -4.95. The summed E-state index contributed by atoms with van der Waals surface area (Å²) in [5.74, 6) is 0.199. The van der Waals surface area contributed by atoms with Crippen LogP contribution in [0.4, 0.5) is 0 Å². The van der Waals surface area contributed by atoms with Gasteiger partial charge in [0.25, 0.3) is 5.91 Å². The molecule has 1 heterocycles. The molecule has 1 aliphatic carbocycles. The third-order valence-electron chi connectivity index (χ3n) is 8.92. The number of carbonyl (C=O) groups is 2. The zero-order valence-electron chi connectivity index (χ0n) is 27.1. The van der Waals surface area contributed by atoms with E-state index in [2.05, 4.69) is 58.6 Å². The van der Waals surface area contributed by atoms with Crippen molar-refractivity contribution in [3.63, 3.8) is 0 Å². The van der Waals surface area contributed by atoms with Crippen LogP contribution in [0.25, 0.3) is 11.1 Å². The van der Waals surface area contributed by atoms with Crippen LogP contribution in [0, 0.1) is 0 Å². The second-order valence-electron chi connectivity index (χ2n) is 11.9. The third kappa shape index (κ3) is 7.72. The Morgan fingerprint density at radius 1 is 0.766 bits per heavy atom. The van der Waals surface area contributed by atoms with Crippen molar-refractivity contribution in [2.75, 3.05) is 46.0 Å². The van der Waals surface area contributed by atoms with E-state index in [-0.39, 0.29) is 25.2 Å². The number of hydrogen-bond donors (Lipinski definition) is 0. The molecule has 0 bridgehead atoms. The SMILES string of the molecule is CCOC(=O)CON=C(C)c1ccc(-c2cccc(OCC(=O)N3CCN(C4c5ccccc5CCc5ccccc54)CC3)c2)cc1. The molecule has 6 rings (SSSR count).